The number of hydrogen-bond donors (Lipinski definition) is 1. The van der Waals surface area contributed by atoms with Crippen molar-refractivity contribution in [2.75, 3.05) is 38.5 Å². The SMILES string of the molecule is CN1CCC(Oc2cccc3ncnc(Nc4ccc(C(=O)N5CCCCCC5)c(Cl)c4)c23)CC1. The molecule has 8 heteroatoms. The van der Waals surface area contributed by atoms with Crippen molar-refractivity contribution in [3.05, 3.63) is 53.3 Å². The first-order valence-electron chi connectivity index (χ1n) is 12.5. The van der Waals surface area contributed by atoms with E-state index in [0.717, 1.165) is 74.2 Å². The van der Waals surface area contributed by atoms with Crippen molar-refractivity contribution in [2.24, 2.45) is 0 Å². The van der Waals surface area contributed by atoms with Crippen LogP contribution in [0.15, 0.2) is 42.7 Å². The predicted octanol–water partition coefficient (Wildman–Crippen LogP) is 5.52. The van der Waals surface area contributed by atoms with Crippen LogP contribution in [0.2, 0.25) is 5.02 Å². The highest BCUT2D eigenvalue weighted by Gasteiger charge is 2.22. The van der Waals surface area contributed by atoms with E-state index >= 15 is 0 Å². The molecule has 5 rings (SSSR count). The number of rotatable bonds is 5. The quantitative estimate of drug-likeness (QED) is 0.505. The molecule has 0 unspecified atom stereocenters. The minimum atomic E-state index is 0.00440. The number of amides is 1. The molecule has 0 bridgehead atoms. The van der Waals surface area contributed by atoms with Crippen LogP contribution in [0.25, 0.3) is 10.9 Å². The van der Waals surface area contributed by atoms with E-state index in [1.54, 1.807) is 18.5 Å². The summed E-state index contributed by atoms with van der Waals surface area (Å²) in [4.78, 5) is 26.3. The van der Waals surface area contributed by atoms with Gasteiger partial charge in [-0.25, -0.2) is 9.97 Å². The number of piperidine rings is 1. The Morgan fingerprint density at radius 1 is 1.03 bits per heavy atom. The first-order valence-corrected chi connectivity index (χ1v) is 12.9. The smallest absolute Gasteiger partial charge is 0.255 e. The largest absolute Gasteiger partial charge is 0.489 e. The van der Waals surface area contributed by atoms with Crippen molar-refractivity contribution >= 4 is 39.9 Å². The average molecular weight is 494 g/mol. The number of carbonyl (C=O) groups is 1. The molecule has 2 aliphatic heterocycles. The Labute approximate surface area is 211 Å². The number of nitrogens with one attached hydrogen (secondary N) is 1. The molecule has 1 aromatic heterocycles. The van der Waals surface area contributed by atoms with Crippen LogP contribution in [-0.4, -0.2) is 65.0 Å². The molecule has 7 nitrogen and oxygen atoms in total. The molecule has 2 saturated heterocycles. The van der Waals surface area contributed by atoms with Crippen LogP contribution < -0.4 is 10.1 Å². The summed E-state index contributed by atoms with van der Waals surface area (Å²) < 4.78 is 6.42. The second-order valence-corrected chi connectivity index (χ2v) is 9.93. The third kappa shape index (κ3) is 5.52. The van der Waals surface area contributed by atoms with Crippen LogP contribution in [0, 0.1) is 0 Å². The Morgan fingerprint density at radius 3 is 2.54 bits per heavy atom. The highest BCUT2D eigenvalue weighted by Crippen LogP contribution is 2.34. The molecule has 2 aliphatic rings. The van der Waals surface area contributed by atoms with Gasteiger partial charge in [0.25, 0.3) is 5.91 Å². The molecule has 35 heavy (non-hydrogen) atoms. The number of anilines is 2. The summed E-state index contributed by atoms with van der Waals surface area (Å²) in [7, 11) is 2.14. The number of nitrogens with zero attached hydrogens (tertiary/aromatic N) is 4. The van der Waals surface area contributed by atoms with Gasteiger partial charge in [0.2, 0.25) is 0 Å². The van der Waals surface area contributed by atoms with E-state index in [1.165, 1.54) is 12.8 Å². The van der Waals surface area contributed by atoms with Gasteiger partial charge in [0, 0.05) is 31.9 Å². The van der Waals surface area contributed by atoms with Gasteiger partial charge in [-0.3, -0.25) is 4.79 Å². The third-order valence-electron chi connectivity index (χ3n) is 6.94. The number of hydrogen-bond acceptors (Lipinski definition) is 6. The van der Waals surface area contributed by atoms with Crippen LogP contribution in [0.3, 0.4) is 0 Å². The zero-order valence-electron chi connectivity index (χ0n) is 20.2. The summed E-state index contributed by atoms with van der Waals surface area (Å²) in [6.45, 7) is 3.64. The van der Waals surface area contributed by atoms with Crippen molar-refractivity contribution in [1.82, 2.24) is 19.8 Å². The molecule has 0 atom stereocenters. The number of carbonyl (C=O) groups excluding carboxylic acids is 1. The van der Waals surface area contributed by atoms with Gasteiger partial charge in [-0.05, 0) is 63.1 Å². The molecule has 1 amide bonds. The van der Waals surface area contributed by atoms with E-state index in [1.807, 2.05) is 29.2 Å². The van der Waals surface area contributed by atoms with Crippen LogP contribution in [0.1, 0.15) is 48.9 Å². The number of fused-ring (bicyclic) bond motifs is 1. The first-order chi connectivity index (χ1) is 17.1. The molecule has 1 N–H and O–H groups in total. The van der Waals surface area contributed by atoms with E-state index in [-0.39, 0.29) is 12.0 Å². The number of benzene rings is 2. The summed E-state index contributed by atoms with van der Waals surface area (Å²) in [6, 6.07) is 11.4. The number of likely N-dealkylation sites (tertiary alicyclic amines) is 2. The van der Waals surface area contributed by atoms with E-state index in [4.69, 9.17) is 16.3 Å². The van der Waals surface area contributed by atoms with Crippen LogP contribution in [0.5, 0.6) is 5.75 Å². The topological polar surface area (TPSA) is 70.6 Å². The summed E-state index contributed by atoms with van der Waals surface area (Å²) in [5.74, 6) is 1.44. The Kier molecular flexibility index (Phi) is 7.35. The molecule has 0 aliphatic carbocycles. The maximum Gasteiger partial charge on any atom is 0.255 e. The second kappa shape index (κ2) is 10.8. The molecular formula is C27H32ClN5O2. The van der Waals surface area contributed by atoms with Gasteiger partial charge in [-0.2, -0.15) is 0 Å². The number of aromatic nitrogens is 2. The normalized spacial score (nSPS) is 17.8. The molecule has 3 heterocycles. The molecule has 3 aromatic rings. The number of halogens is 1. The van der Waals surface area contributed by atoms with Gasteiger partial charge in [0.05, 0.1) is 21.5 Å². The van der Waals surface area contributed by atoms with Crippen LogP contribution in [0.4, 0.5) is 11.5 Å². The monoisotopic (exact) mass is 493 g/mol. The minimum Gasteiger partial charge on any atom is -0.489 e. The fourth-order valence-electron chi connectivity index (χ4n) is 4.90. The summed E-state index contributed by atoms with van der Waals surface area (Å²) in [5, 5.41) is 4.66. The highest BCUT2D eigenvalue weighted by molar-refractivity contribution is 6.34. The second-order valence-electron chi connectivity index (χ2n) is 9.52. The number of ether oxygens (including phenoxy) is 1. The summed E-state index contributed by atoms with van der Waals surface area (Å²) >= 11 is 6.59. The average Bonchev–Trinajstić information content (AvgIpc) is 3.15. The Hall–Kier alpha value is -2.90. The molecular weight excluding hydrogens is 462 g/mol. The summed E-state index contributed by atoms with van der Waals surface area (Å²) in [6.07, 6.45) is 8.15. The minimum absolute atomic E-state index is 0.00440. The highest BCUT2D eigenvalue weighted by atomic mass is 35.5. The van der Waals surface area contributed by atoms with Crippen LogP contribution in [-0.2, 0) is 0 Å². The Balaban J connectivity index is 1.38. The van der Waals surface area contributed by atoms with Crippen molar-refractivity contribution in [3.63, 3.8) is 0 Å². The van der Waals surface area contributed by atoms with Gasteiger partial charge in [0.15, 0.2) is 0 Å². The Bertz CT molecular complexity index is 1180. The molecule has 0 spiro atoms. The maximum absolute atomic E-state index is 13.1. The van der Waals surface area contributed by atoms with Crippen LogP contribution >= 0.6 is 11.6 Å². The van der Waals surface area contributed by atoms with E-state index in [9.17, 15) is 4.79 Å². The van der Waals surface area contributed by atoms with Crippen molar-refractivity contribution in [1.29, 1.82) is 0 Å². The lowest BCUT2D eigenvalue weighted by Gasteiger charge is -2.29. The van der Waals surface area contributed by atoms with E-state index < -0.39 is 0 Å². The van der Waals surface area contributed by atoms with Crippen molar-refractivity contribution in [2.45, 2.75) is 44.6 Å². The van der Waals surface area contributed by atoms with Gasteiger partial charge in [-0.1, -0.05) is 30.5 Å². The molecule has 184 valence electrons. The predicted molar refractivity (Wildman–Crippen MR) is 140 cm³/mol. The zero-order chi connectivity index (χ0) is 24.2. The van der Waals surface area contributed by atoms with E-state index in [2.05, 4.69) is 27.2 Å². The molecule has 2 aromatic carbocycles. The maximum atomic E-state index is 13.1. The van der Waals surface area contributed by atoms with E-state index in [0.29, 0.717) is 16.4 Å². The summed E-state index contributed by atoms with van der Waals surface area (Å²) in [5.41, 5.74) is 2.11. The van der Waals surface area contributed by atoms with Gasteiger partial charge < -0.3 is 19.9 Å². The third-order valence-corrected chi connectivity index (χ3v) is 7.25. The fourth-order valence-corrected chi connectivity index (χ4v) is 5.16. The lowest BCUT2D eigenvalue weighted by Crippen LogP contribution is -2.35. The first kappa shape index (κ1) is 23.8. The Morgan fingerprint density at radius 2 is 1.80 bits per heavy atom. The van der Waals surface area contributed by atoms with Gasteiger partial charge in [0.1, 0.15) is 24.0 Å². The van der Waals surface area contributed by atoms with Gasteiger partial charge >= 0.3 is 0 Å². The van der Waals surface area contributed by atoms with Crippen molar-refractivity contribution in [3.8, 4) is 5.75 Å². The van der Waals surface area contributed by atoms with Crippen molar-refractivity contribution < 1.29 is 9.53 Å². The molecule has 0 saturated carbocycles. The fraction of sp³-hybridized carbons (Fsp3) is 0.444. The lowest BCUT2D eigenvalue weighted by molar-refractivity contribution is 0.0762. The zero-order valence-corrected chi connectivity index (χ0v) is 20.9. The van der Waals surface area contributed by atoms with Gasteiger partial charge in [-0.15, -0.1) is 0 Å². The molecule has 2 fully saturated rings. The molecule has 0 radical (unpaired) electrons. The lowest BCUT2D eigenvalue weighted by atomic mass is 10.1. The standard InChI is InChI=1S/C27H32ClN5O2/c1-32-15-11-20(12-16-32)35-24-8-6-7-23-25(24)26(30-18-29-23)31-19-9-10-21(22(28)17-19)27(34)33-13-4-2-3-5-14-33/h6-10,17-18,20H,2-5,11-16H2,1H3,(H,29,30,31).